The molecule has 1 aliphatic heterocycles. The van der Waals surface area contributed by atoms with Gasteiger partial charge in [0.25, 0.3) is 11.6 Å². The molecule has 0 bridgehead atoms. The quantitative estimate of drug-likeness (QED) is 0.678. The van der Waals surface area contributed by atoms with Gasteiger partial charge in [-0.2, -0.15) is 0 Å². The van der Waals surface area contributed by atoms with Gasteiger partial charge in [-0.25, -0.2) is 0 Å². The Labute approximate surface area is 117 Å². The number of hydrogen-bond acceptors (Lipinski definition) is 4. The maximum absolute atomic E-state index is 11.6. The fourth-order valence-corrected chi connectivity index (χ4v) is 2.61. The number of carbonyl (C=O) groups excluding carboxylic acids is 1. The van der Waals surface area contributed by atoms with Crippen LogP contribution in [0.25, 0.3) is 0 Å². The summed E-state index contributed by atoms with van der Waals surface area (Å²) in [6.07, 6.45) is 3.26. The molecule has 1 fully saturated rings. The van der Waals surface area contributed by atoms with Crippen LogP contribution in [0.15, 0.2) is 18.2 Å². The summed E-state index contributed by atoms with van der Waals surface area (Å²) in [5.74, 6) is 0.0380. The minimum atomic E-state index is -0.624. The Balaban J connectivity index is 2.35. The molecule has 2 rings (SSSR count). The molecule has 6 heteroatoms. The van der Waals surface area contributed by atoms with Crippen LogP contribution in [-0.2, 0) is 0 Å². The molecule has 1 heterocycles. The summed E-state index contributed by atoms with van der Waals surface area (Å²) in [6.45, 7) is 3.91. The molecule has 0 aliphatic carbocycles. The van der Waals surface area contributed by atoms with Crippen LogP contribution >= 0.6 is 0 Å². The molecule has 2 N–H and O–H groups in total. The maximum atomic E-state index is 11.6. The molecule has 0 saturated carbocycles. The van der Waals surface area contributed by atoms with Gasteiger partial charge in [0, 0.05) is 25.2 Å². The number of nitro groups is 1. The van der Waals surface area contributed by atoms with Crippen LogP contribution in [-0.4, -0.2) is 23.9 Å². The van der Waals surface area contributed by atoms with Crippen molar-refractivity contribution in [2.45, 2.75) is 26.2 Å². The zero-order valence-corrected chi connectivity index (χ0v) is 11.5. The Kier molecular flexibility index (Phi) is 4.22. The standard InChI is InChI=1S/C14H19N3O3/c1-10-3-2-7-16(8-6-10)13-5-4-11(17(19)20)9-12(13)14(15)18/h4-5,9-10H,2-3,6-8H2,1H3,(H2,15,18). The summed E-state index contributed by atoms with van der Waals surface area (Å²) < 4.78 is 0. The van der Waals surface area contributed by atoms with Crippen molar-refractivity contribution in [3.63, 3.8) is 0 Å². The number of nitrogens with zero attached hydrogens (tertiary/aromatic N) is 2. The number of nitro benzene ring substituents is 1. The number of rotatable bonds is 3. The molecule has 1 saturated heterocycles. The number of anilines is 1. The van der Waals surface area contributed by atoms with E-state index in [2.05, 4.69) is 11.8 Å². The summed E-state index contributed by atoms with van der Waals surface area (Å²) in [5, 5.41) is 10.8. The highest BCUT2D eigenvalue weighted by Gasteiger charge is 2.21. The van der Waals surface area contributed by atoms with Crippen molar-refractivity contribution < 1.29 is 9.72 Å². The van der Waals surface area contributed by atoms with Crippen LogP contribution in [0.2, 0.25) is 0 Å². The van der Waals surface area contributed by atoms with Gasteiger partial charge in [0.15, 0.2) is 0 Å². The molecule has 6 nitrogen and oxygen atoms in total. The van der Waals surface area contributed by atoms with Crippen LogP contribution in [0, 0.1) is 16.0 Å². The highest BCUT2D eigenvalue weighted by atomic mass is 16.6. The Morgan fingerprint density at radius 2 is 2.15 bits per heavy atom. The fraction of sp³-hybridized carbons (Fsp3) is 0.500. The number of non-ortho nitro benzene ring substituents is 1. The van der Waals surface area contributed by atoms with E-state index in [0.717, 1.165) is 32.4 Å². The molecule has 1 aliphatic rings. The molecular formula is C14H19N3O3. The van der Waals surface area contributed by atoms with Crippen molar-refractivity contribution >= 4 is 17.3 Å². The maximum Gasteiger partial charge on any atom is 0.270 e. The van der Waals surface area contributed by atoms with Crippen molar-refractivity contribution in [3.8, 4) is 0 Å². The number of hydrogen-bond donors (Lipinski definition) is 1. The van der Waals surface area contributed by atoms with E-state index in [9.17, 15) is 14.9 Å². The van der Waals surface area contributed by atoms with Crippen molar-refractivity contribution in [3.05, 3.63) is 33.9 Å². The normalized spacial score (nSPS) is 19.4. The second-order valence-electron chi connectivity index (χ2n) is 5.35. The highest BCUT2D eigenvalue weighted by molar-refractivity contribution is 5.99. The van der Waals surface area contributed by atoms with Gasteiger partial charge >= 0.3 is 0 Å². The monoisotopic (exact) mass is 277 g/mol. The van der Waals surface area contributed by atoms with Crippen molar-refractivity contribution in [2.75, 3.05) is 18.0 Å². The highest BCUT2D eigenvalue weighted by Crippen LogP contribution is 2.28. The van der Waals surface area contributed by atoms with E-state index in [1.54, 1.807) is 6.07 Å². The summed E-state index contributed by atoms with van der Waals surface area (Å²) in [4.78, 5) is 24.0. The molecule has 1 unspecified atom stereocenters. The van der Waals surface area contributed by atoms with E-state index in [1.165, 1.54) is 12.1 Å². The van der Waals surface area contributed by atoms with E-state index in [1.807, 2.05) is 0 Å². The predicted octanol–water partition coefficient (Wildman–Crippen LogP) is 2.32. The van der Waals surface area contributed by atoms with Gasteiger partial charge in [0.1, 0.15) is 0 Å². The molecule has 0 spiro atoms. The summed E-state index contributed by atoms with van der Waals surface area (Å²) in [5.41, 5.74) is 6.20. The molecule has 1 aromatic rings. The predicted molar refractivity (Wildman–Crippen MR) is 76.8 cm³/mol. The van der Waals surface area contributed by atoms with Gasteiger partial charge in [-0.15, -0.1) is 0 Å². The third-order valence-corrected chi connectivity index (χ3v) is 3.81. The average Bonchev–Trinajstić information content (AvgIpc) is 2.62. The Bertz CT molecular complexity index is 530. The van der Waals surface area contributed by atoms with Gasteiger partial charge in [-0.3, -0.25) is 14.9 Å². The smallest absolute Gasteiger partial charge is 0.270 e. The Morgan fingerprint density at radius 3 is 2.80 bits per heavy atom. The first-order valence-corrected chi connectivity index (χ1v) is 6.82. The van der Waals surface area contributed by atoms with E-state index >= 15 is 0 Å². The van der Waals surface area contributed by atoms with Crippen LogP contribution < -0.4 is 10.6 Å². The van der Waals surface area contributed by atoms with Crippen LogP contribution in [0.3, 0.4) is 0 Å². The lowest BCUT2D eigenvalue weighted by molar-refractivity contribution is -0.384. The van der Waals surface area contributed by atoms with Crippen LogP contribution in [0.1, 0.15) is 36.5 Å². The molecule has 20 heavy (non-hydrogen) atoms. The first-order valence-electron chi connectivity index (χ1n) is 6.82. The number of primary amides is 1. The van der Waals surface area contributed by atoms with E-state index in [-0.39, 0.29) is 11.3 Å². The van der Waals surface area contributed by atoms with Crippen molar-refractivity contribution in [1.29, 1.82) is 0 Å². The van der Waals surface area contributed by atoms with Crippen molar-refractivity contribution in [2.24, 2.45) is 11.7 Å². The largest absolute Gasteiger partial charge is 0.371 e. The molecule has 1 aromatic carbocycles. The number of nitrogens with two attached hydrogens (primary N) is 1. The van der Waals surface area contributed by atoms with Crippen molar-refractivity contribution in [1.82, 2.24) is 0 Å². The lowest BCUT2D eigenvalue weighted by atomic mass is 10.0. The molecule has 0 radical (unpaired) electrons. The zero-order chi connectivity index (χ0) is 14.7. The third kappa shape index (κ3) is 3.07. The van der Waals surface area contributed by atoms with Crippen LogP contribution in [0.4, 0.5) is 11.4 Å². The number of carbonyl (C=O) groups is 1. The van der Waals surface area contributed by atoms with Gasteiger partial charge in [0.2, 0.25) is 0 Å². The minimum Gasteiger partial charge on any atom is -0.371 e. The van der Waals surface area contributed by atoms with E-state index in [0.29, 0.717) is 11.6 Å². The molecule has 0 aromatic heterocycles. The number of amides is 1. The van der Waals surface area contributed by atoms with Gasteiger partial charge in [-0.05, 0) is 31.2 Å². The minimum absolute atomic E-state index is 0.106. The van der Waals surface area contributed by atoms with Crippen LogP contribution in [0.5, 0.6) is 0 Å². The molecule has 1 amide bonds. The average molecular weight is 277 g/mol. The summed E-state index contributed by atoms with van der Waals surface area (Å²) in [7, 11) is 0. The van der Waals surface area contributed by atoms with Gasteiger partial charge in [0.05, 0.1) is 16.2 Å². The lowest BCUT2D eigenvalue weighted by Crippen LogP contribution is -2.27. The summed E-state index contributed by atoms with van der Waals surface area (Å²) in [6, 6.07) is 4.33. The molecular weight excluding hydrogens is 258 g/mol. The first-order chi connectivity index (χ1) is 9.49. The van der Waals surface area contributed by atoms with E-state index in [4.69, 9.17) is 5.73 Å². The Morgan fingerprint density at radius 1 is 1.40 bits per heavy atom. The SMILES string of the molecule is CC1CCCN(c2ccc([N+](=O)[O-])cc2C(N)=O)CC1. The Hall–Kier alpha value is -2.11. The zero-order valence-electron chi connectivity index (χ0n) is 11.5. The fourth-order valence-electron chi connectivity index (χ4n) is 2.61. The second-order valence-corrected chi connectivity index (χ2v) is 5.35. The van der Waals surface area contributed by atoms with Gasteiger partial charge in [-0.1, -0.05) is 6.92 Å². The number of benzene rings is 1. The van der Waals surface area contributed by atoms with Gasteiger partial charge < -0.3 is 10.6 Å². The third-order valence-electron chi connectivity index (χ3n) is 3.81. The molecule has 108 valence electrons. The van der Waals surface area contributed by atoms with E-state index < -0.39 is 10.8 Å². The first kappa shape index (κ1) is 14.3. The second kappa shape index (κ2) is 5.90. The topological polar surface area (TPSA) is 89.5 Å². The summed E-state index contributed by atoms with van der Waals surface area (Å²) >= 11 is 0. The lowest BCUT2D eigenvalue weighted by Gasteiger charge is -2.24. The molecule has 1 atom stereocenters.